The van der Waals surface area contributed by atoms with Crippen LogP contribution in [0.15, 0.2) is 91.0 Å². The van der Waals surface area contributed by atoms with E-state index in [1.54, 1.807) is 12.1 Å². The van der Waals surface area contributed by atoms with E-state index in [1.165, 1.54) is 0 Å². The number of hydrogen-bond donors (Lipinski definition) is 1. The van der Waals surface area contributed by atoms with Gasteiger partial charge in [-0.2, -0.15) is 0 Å². The molecule has 0 saturated carbocycles. The van der Waals surface area contributed by atoms with Crippen LogP contribution >= 0.6 is 0 Å². The fourth-order valence-corrected chi connectivity index (χ4v) is 3.99. The highest BCUT2D eigenvalue weighted by Gasteiger charge is 2.41. The third kappa shape index (κ3) is 4.45. The van der Waals surface area contributed by atoms with Crippen molar-refractivity contribution in [1.82, 2.24) is 5.32 Å². The predicted octanol–water partition coefficient (Wildman–Crippen LogP) is 5.16. The van der Waals surface area contributed by atoms with Gasteiger partial charge in [0.25, 0.3) is 5.91 Å². The van der Waals surface area contributed by atoms with Gasteiger partial charge >= 0.3 is 0 Å². The van der Waals surface area contributed by atoms with Gasteiger partial charge in [0.2, 0.25) is 0 Å². The Hall–Kier alpha value is -3.20. The van der Waals surface area contributed by atoms with E-state index in [-0.39, 0.29) is 17.7 Å². The van der Waals surface area contributed by atoms with Gasteiger partial charge in [-0.25, -0.2) is 0 Å². The maximum absolute atomic E-state index is 13.4. The smallest absolute Gasteiger partial charge is 0.251 e. The summed E-state index contributed by atoms with van der Waals surface area (Å²) in [7, 11) is 0. The van der Waals surface area contributed by atoms with Crippen LogP contribution in [0.4, 0.5) is 0 Å². The summed E-state index contributed by atoms with van der Waals surface area (Å²) in [6.07, 6.45) is 0.912. The Bertz CT molecular complexity index is 897. The minimum absolute atomic E-state index is 0.128. The predicted molar refractivity (Wildman–Crippen MR) is 117 cm³/mol. The fraction of sp³-hybridized carbons (Fsp3) is 0.231. The van der Waals surface area contributed by atoms with Gasteiger partial charge in [-0.3, -0.25) is 9.59 Å². The van der Waals surface area contributed by atoms with Crippen molar-refractivity contribution in [3.8, 4) is 0 Å². The normalized spacial score (nSPS) is 12.2. The number of benzene rings is 3. The highest BCUT2D eigenvalue weighted by atomic mass is 16.1. The summed E-state index contributed by atoms with van der Waals surface area (Å²) < 4.78 is 0. The summed E-state index contributed by atoms with van der Waals surface area (Å²) in [4.78, 5) is 26.1. The highest BCUT2D eigenvalue weighted by molar-refractivity contribution is 5.95. The monoisotopic (exact) mass is 385 g/mol. The third-order valence-electron chi connectivity index (χ3n) is 5.36. The second-order valence-corrected chi connectivity index (χ2v) is 7.36. The molecule has 148 valence electrons. The molecule has 1 unspecified atom stereocenters. The lowest BCUT2D eigenvalue weighted by atomic mass is 9.67. The molecule has 1 amide bonds. The standard InChI is InChI=1S/C26H27NO2/c1-3-24(28)26(22-15-9-5-10-16-22,23-17-11-6-12-18-23)19-20(2)27-25(29)21-13-7-4-8-14-21/h4-18,20H,3,19H2,1-2H3,(H,27,29). The molecule has 0 radical (unpaired) electrons. The molecule has 0 aliphatic rings. The number of ketones is 1. The minimum Gasteiger partial charge on any atom is -0.350 e. The molecule has 29 heavy (non-hydrogen) atoms. The molecule has 3 heteroatoms. The molecule has 0 spiro atoms. The van der Waals surface area contributed by atoms with E-state index in [0.717, 1.165) is 11.1 Å². The quantitative estimate of drug-likeness (QED) is 0.582. The van der Waals surface area contributed by atoms with Crippen LogP contribution in [0.3, 0.4) is 0 Å². The van der Waals surface area contributed by atoms with Gasteiger partial charge in [-0.15, -0.1) is 0 Å². The van der Waals surface area contributed by atoms with E-state index in [4.69, 9.17) is 0 Å². The van der Waals surface area contributed by atoms with E-state index in [2.05, 4.69) is 5.32 Å². The van der Waals surface area contributed by atoms with Crippen molar-refractivity contribution in [3.63, 3.8) is 0 Å². The van der Waals surface area contributed by atoms with Gasteiger partial charge in [0.05, 0.1) is 5.41 Å². The third-order valence-corrected chi connectivity index (χ3v) is 5.36. The van der Waals surface area contributed by atoms with Crippen molar-refractivity contribution < 1.29 is 9.59 Å². The molecule has 3 nitrogen and oxygen atoms in total. The van der Waals surface area contributed by atoms with Crippen LogP contribution < -0.4 is 5.32 Å². The van der Waals surface area contributed by atoms with Gasteiger partial charge in [-0.1, -0.05) is 85.8 Å². The molecule has 0 aliphatic carbocycles. The molecule has 0 bridgehead atoms. The first-order valence-corrected chi connectivity index (χ1v) is 10.1. The molecule has 0 fully saturated rings. The Morgan fingerprint density at radius 3 is 1.69 bits per heavy atom. The maximum Gasteiger partial charge on any atom is 0.251 e. The molecule has 3 rings (SSSR count). The van der Waals surface area contributed by atoms with E-state index >= 15 is 0 Å². The lowest BCUT2D eigenvalue weighted by Crippen LogP contribution is -2.44. The van der Waals surface area contributed by atoms with Gasteiger partial charge in [0.15, 0.2) is 0 Å². The Morgan fingerprint density at radius 2 is 1.24 bits per heavy atom. The Morgan fingerprint density at radius 1 is 0.793 bits per heavy atom. The highest BCUT2D eigenvalue weighted by Crippen LogP contribution is 2.38. The lowest BCUT2D eigenvalue weighted by molar-refractivity contribution is -0.123. The zero-order valence-electron chi connectivity index (χ0n) is 17.0. The van der Waals surface area contributed by atoms with Gasteiger partial charge < -0.3 is 5.32 Å². The second-order valence-electron chi connectivity index (χ2n) is 7.36. The number of carbonyl (C=O) groups excluding carboxylic acids is 2. The summed E-state index contributed by atoms with van der Waals surface area (Å²) in [5.74, 6) is 0.0211. The fourth-order valence-electron chi connectivity index (χ4n) is 3.99. The summed E-state index contributed by atoms with van der Waals surface area (Å²) >= 11 is 0. The van der Waals surface area contributed by atoms with E-state index < -0.39 is 5.41 Å². The first-order valence-electron chi connectivity index (χ1n) is 10.1. The zero-order chi connectivity index (χ0) is 20.7. The average Bonchev–Trinajstić information content (AvgIpc) is 2.78. The average molecular weight is 386 g/mol. The molecule has 3 aromatic rings. The van der Waals surface area contributed by atoms with Crippen molar-refractivity contribution >= 4 is 11.7 Å². The van der Waals surface area contributed by atoms with Crippen LogP contribution in [0.1, 0.15) is 48.2 Å². The number of hydrogen-bond acceptors (Lipinski definition) is 2. The summed E-state index contributed by atoms with van der Waals surface area (Å²) in [6, 6.07) is 28.7. The van der Waals surface area contributed by atoms with Crippen LogP contribution in [0.5, 0.6) is 0 Å². The van der Waals surface area contributed by atoms with Gasteiger partial charge in [0, 0.05) is 18.0 Å². The van der Waals surface area contributed by atoms with Crippen LogP contribution in [0.25, 0.3) is 0 Å². The molecular weight excluding hydrogens is 358 g/mol. The zero-order valence-corrected chi connectivity index (χ0v) is 17.0. The van der Waals surface area contributed by atoms with Crippen molar-refractivity contribution in [2.24, 2.45) is 0 Å². The van der Waals surface area contributed by atoms with Crippen molar-refractivity contribution in [1.29, 1.82) is 0 Å². The van der Waals surface area contributed by atoms with E-state index in [0.29, 0.717) is 18.4 Å². The minimum atomic E-state index is -0.805. The summed E-state index contributed by atoms with van der Waals surface area (Å²) in [6.45, 7) is 3.86. The molecule has 0 saturated heterocycles. The van der Waals surface area contributed by atoms with Crippen LogP contribution in [-0.4, -0.2) is 17.7 Å². The van der Waals surface area contributed by atoms with Gasteiger partial charge in [0.1, 0.15) is 5.78 Å². The number of carbonyl (C=O) groups is 2. The Labute approximate surface area is 172 Å². The molecule has 0 aliphatic heterocycles. The largest absolute Gasteiger partial charge is 0.350 e. The lowest BCUT2D eigenvalue weighted by Gasteiger charge is -2.36. The molecule has 1 atom stereocenters. The Kier molecular flexibility index (Phi) is 6.61. The Balaban J connectivity index is 1.99. The topological polar surface area (TPSA) is 46.2 Å². The van der Waals surface area contributed by atoms with Crippen molar-refractivity contribution in [2.75, 3.05) is 0 Å². The molecule has 0 aromatic heterocycles. The molecule has 0 heterocycles. The van der Waals surface area contributed by atoms with Gasteiger partial charge in [-0.05, 0) is 36.6 Å². The van der Waals surface area contributed by atoms with Crippen LogP contribution in [-0.2, 0) is 10.2 Å². The molecule has 3 aromatic carbocycles. The van der Waals surface area contributed by atoms with Crippen LogP contribution in [0, 0.1) is 0 Å². The summed E-state index contributed by atoms with van der Waals surface area (Å²) in [5, 5.41) is 3.08. The van der Waals surface area contributed by atoms with E-state index in [1.807, 2.05) is 92.7 Å². The molecule has 1 N–H and O–H groups in total. The van der Waals surface area contributed by atoms with Crippen LogP contribution in [0.2, 0.25) is 0 Å². The first-order chi connectivity index (χ1) is 14.1. The maximum atomic E-state index is 13.4. The first kappa shape index (κ1) is 20.5. The van der Waals surface area contributed by atoms with E-state index in [9.17, 15) is 9.59 Å². The number of rotatable bonds is 8. The summed E-state index contributed by atoms with van der Waals surface area (Å²) in [5.41, 5.74) is 1.73. The van der Waals surface area contributed by atoms with Crippen molar-refractivity contribution in [3.05, 3.63) is 108 Å². The SMILES string of the molecule is CCC(=O)C(CC(C)NC(=O)c1ccccc1)(c1ccccc1)c1ccccc1. The second kappa shape index (κ2) is 9.33. The number of Topliss-reactive ketones (excluding diaryl/α,β-unsaturated/α-hetero) is 1. The number of amides is 1. The van der Waals surface area contributed by atoms with Crippen molar-refractivity contribution in [2.45, 2.75) is 38.1 Å². The molecular formula is C26H27NO2. The number of nitrogens with one attached hydrogen (secondary N) is 1.